The van der Waals surface area contributed by atoms with E-state index in [-0.39, 0.29) is 5.41 Å². The van der Waals surface area contributed by atoms with Gasteiger partial charge in [0.15, 0.2) is 5.82 Å². The molecule has 1 N–H and O–H groups in total. The van der Waals surface area contributed by atoms with Gasteiger partial charge in [-0.25, -0.2) is 0 Å². The summed E-state index contributed by atoms with van der Waals surface area (Å²) in [5.74, 6) is 2.44. The van der Waals surface area contributed by atoms with Gasteiger partial charge in [0, 0.05) is 18.9 Å². The quantitative estimate of drug-likeness (QED) is 0.823. The minimum Gasteiger partial charge on any atom is -0.339 e. The van der Waals surface area contributed by atoms with Crippen LogP contribution in [0.4, 0.5) is 0 Å². The van der Waals surface area contributed by atoms with Crippen molar-refractivity contribution in [3.05, 3.63) is 11.7 Å². The van der Waals surface area contributed by atoms with Gasteiger partial charge in [0.25, 0.3) is 0 Å². The van der Waals surface area contributed by atoms with Crippen LogP contribution in [-0.2, 0) is 12.8 Å². The molecule has 0 amide bonds. The van der Waals surface area contributed by atoms with E-state index >= 15 is 0 Å². The molecule has 0 radical (unpaired) electrons. The van der Waals surface area contributed by atoms with Gasteiger partial charge in [-0.05, 0) is 37.1 Å². The van der Waals surface area contributed by atoms with Gasteiger partial charge >= 0.3 is 0 Å². The number of aromatic nitrogens is 2. The molecule has 1 aliphatic rings. The van der Waals surface area contributed by atoms with Crippen molar-refractivity contribution in [2.24, 2.45) is 11.3 Å². The molecule has 108 valence electrons. The lowest BCUT2D eigenvalue weighted by Crippen LogP contribution is -2.33. The third-order valence-electron chi connectivity index (χ3n) is 3.44. The number of hydrogen-bond donors (Lipinski definition) is 1. The van der Waals surface area contributed by atoms with Crippen LogP contribution in [0.5, 0.6) is 0 Å². The van der Waals surface area contributed by atoms with Crippen LogP contribution in [0.25, 0.3) is 0 Å². The van der Waals surface area contributed by atoms with E-state index in [1.54, 1.807) is 0 Å². The molecular formula is C15H27N3O. The fraction of sp³-hybridized carbons (Fsp3) is 0.867. The first-order valence-corrected chi connectivity index (χ1v) is 7.53. The second kappa shape index (κ2) is 6.04. The molecular weight excluding hydrogens is 238 g/mol. The maximum absolute atomic E-state index is 5.40. The highest BCUT2D eigenvalue weighted by Gasteiger charge is 2.32. The first kappa shape index (κ1) is 14.5. The van der Waals surface area contributed by atoms with Gasteiger partial charge in [-0.3, -0.25) is 0 Å². The molecule has 1 heterocycles. The molecule has 1 fully saturated rings. The van der Waals surface area contributed by atoms with Crippen molar-refractivity contribution < 1.29 is 4.52 Å². The Morgan fingerprint density at radius 1 is 1.37 bits per heavy atom. The summed E-state index contributed by atoms with van der Waals surface area (Å²) in [4.78, 5) is 4.54. The lowest BCUT2D eigenvalue weighted by atomic mass is 9.92. The molecule has 1 aromatic heterocycles. The van der Waals surface area contributed by atoms with E-state index in [0.29, 0.717) is 6.04 Å². The number of nitrogens with zero attached hydrogens (tertiary/aromatic N) is 2. The Balaban J connectivity index is 1.90. The molecule has 0 aromatic carbocycles. The minimum atomic E-state index is 0.206. The number of nitrogens with one attached hydrogen (secondary N) is 1. The zero-order valence-corrected chi connectivity index (χ0v) is 12.7. The highest BCUT2D eigenvalue weighted by molar-refractivity contribution is 4.96. The maximum Gasteiger partial charge on any atom is 0.228 e. The topological polar surface area (TPSA) is 51.0 Å². The Bertz CT molecular complexity index is 390. The van der Waals surface area contributed by atoms with Crippen LogP contribution < -0.4 is 5.32 Å². The molecule has 4 nitrogen and oxygen atoms in total. The van der Waals surface area contributed by atoms with E-state index in [0.717, 1.165) is 37.0 Å². The first-order chi connectivity index (χ1) is 8.98. The summed E-state index contributed by atoms with van der Waals surface area (Å²) < 4.78 is 5.40. The van der Waals surface area contributed by atoms with Crippen molar-refractivity contribution in [3.63, 3.8) is 0 Å². The Morgan fingerprint density at radius 2 is 2.11 bits per heavy atom. The van der Waals surface area contributed by atoms with Gasteiger partial charge in [0.05, 0.1) is 0 Å². The molecule has 1 aromatic rings. The van der Waals surface area contributed by atoms with Gasteiger partial charge in [0.2, 0.25) is 5.89 Å². The van der Waals surface area contributed by atoms with E-state index in [4.69, 9.17) is 4.52 Å². The van der Waals surface area contributed by atoms with Crippen LogP contribution in [0.2, 0.25) is 0 Å². The summed E-state index contributed by atoms with van der Waals surface area (Å²) in [6.45, 7) is 9.85. The summed E-state index contributed by atoms with van der Waals surface area (Å²) in [5.41, 5.74) is 0.206. The Hall–Kier alpha value is -0.900. The fourth-order valence-corrected chi connectivity index (χ4v) is 2.34. The Morgan fingerprint density at radius 3 is 2.68 bits per heavy atom. The molecule has 0 spiro atoms. The summed E-state index contributed by atoms with van der Waals surface area (Å²) >= 11 is 0. The van der Waals surface area contributed by atoms with Gasteiger partial charge in [0.1, 0.15) is 0 Å². The average molecular weight is 265 g/mol. The highest BCUT2D eigenvalue weighted by Crippen LogP contribution is 2.34. The first-order valence-electron chi connectivity index (χ1n) is 7.53. The number of hydrogen-bond acceptors (Lipinski definition) is 4. The van der Waals surface area contributed by atoms with Crippen molar-refractivity contribution in [1.29, 1.82) is 0 Å². The number of rotatable bonds is 7. The Labute approximate surface area is 116 Å². The monoisotopic (exact) mass is 265 g/mol. The normalized spacial score (nSPS) is 17.7. The minimum absolute atomic E-state index is 0.206. The van der Waals surface area contributed by atoms with Crippen molar-refractivity contribution in [3.8, 4) is 0 Å². The SMILES string of the molecule is CCCNC(Cc1nc(CC(C)(C)C)no1)C1CC1. The van der Waals surface area contributed by atoms with Gasteiger partial charge < -0.3 is 9.84 Å². The van der Waals surface area contributed by atoms with Gasteiger partial charge in [-0.2, -0.15) is 4.98 Å². The molecule has 1 unspecified atom stereocenters. The molecule has 2 rings (SSSR count). The second-order valence-corrected chi connectivity index (χ2v) is 6.94. The molecule has 4 heteroatoms. The van der Waals surface area contributed by atoms with E-state index in [1.165, 1.54) is 19.3 Å². The van der Waals surface area contributed by atoms with E-state index in [9.17, 15) is 0 Å². The fourth-order valence-electron chi connectivity index (χ4n) is 2.34. The van der Waals surface area contributed by atoms with Crippen molar-refractivity contribution in [2.75, 3.05) is 6.54 Å². The smallest absolute Gasteiger partial charge is 0.228 e. The molecule has 0 aliphatic heterocycles. The van der Waals surface area contributed by atoms with Crippen LogP contribution in [0.3, 0.4) is 0 Å². The summed E-state index contributed by atoms with van der Waals surface area (Å²) in [6.07, 6.45) is 5.59. The predicted octanol–water partition coefficient (Wildman–Crippen LogP) is 2.98. The third-order valence-corrected chi connectivity index (χ3v) is 3.44. The van der Waals surface area contributed by atoms with Crippen LogP contribution >= 0.6 is 0 Å². The maximum atomic E-state index is 5.40. The zero-order chi connectivity index (χ0) is 13.9. The van der Waals surface area contributed by atoms with Crippen LogP contribution in [-0.4, -0.2) is 22.7 Å². The lowest BCUT2D eigenvalue weighted by molar-refractivity contribution is 0.335. The van der Waals surface area contributed by atoms with Crippen LogP contribution in [0, 0.1) is 11.3 Å². The van der Waals surface area contributed by atoms with E-state index < -0.39 is 0 Å². The molecule has 1 aliphatic carbocycles. The molecule has 1 saturated carbocycles. The molecule has 0 bridgehead atoms. The van der Waals surface area contributed by atoms with Gasteiger partial charge in [-0.15, -0.1) is 0 Å². The largest absolute Gasteiger partial charge is 0.339 e. The van der Waals surface area contributed by atoms with E-state index in [1.807, 2.05) is 0 Å². The van der Waals surface area contributed by atoms with Crippen molar-refractivity contribution >= 4 is 0 Å². The molecule has 19 heavy (non-hydrogen) atoms. The Kier molecular flexibility index (Phi) is 4.61. The van der Waals surface area contributed by atoms with Crippen LogP contribution in [0.1, 0.15) is 58.7 Å². The zero-order valence-electron chi connectivity index (χ0n) is 12.7. The highest BCUT2D eigenvalue weighted by atomic mass is 16.5. The molecule has 0 saturated heterocycles. The molecule has 1 atom stereocenters. The van der Waals surface area contributed by atoms with E-state index in [2.05, 4.69) is 43.2 Å². The summed E-state index contributed by atoms with van der Waals surface area (Å²) in [5, 5.41) is 7.71. The van der Waals surface area contributed by atoms with Crippen LogP contribution in [0.15, 0.2) is 4.52 Å². The summed E-state index contributed by atoms with van der Waals surface area (Å²) in [7, 11) is 0. The third kappa shape index (κ3) is 4.94. The second-order valence-electron chi connectivity index (χ2n) is 6.94. The van der Waals surface area contributed by atoms with Crippen molar-refractivity contribution in [1.82, 2.24) is 15.5 Å². The predicted molar refractivity (Wildman–Crippen MR) is 76.0 cm³/mol. The standard InChI is InChI=1S/C15H27N3O/c1-5-8-16-12(11-6-7-11)9-14-17-13(18-19-14)10-15(2,3)4/h11-12,16H,5-10H2,1-4H3. The summed E-state index contributed by atoms with van der Waals surface area (Å²) in [6, 6.07) is 0.517. The van der Waals surface area contributed by atoms with Gasteiger partial charge in [-0.1, -0.05) is 32.9 Å². The average Bonchev–Trinajstić information content (AvgIpc) is 3.06. The lowest BCUT2D eigenvalue weighted by Gasteiger charge is -2.15. The van der Waals surface area contributed by atoms with Crippen molar-refractivity contribution in [2.45, 2.75) is 65.8 Å².